The van der Waals surface area contributed by atoms with Crippen LogP contribution < -0.4 is 0 Å². The Morgan fingerprint density at radius 1 is 1.35 bits per heavy atom. The van der Waals surface area contributed by atoms with E-state index in [4.69, 9.17) is 5.11 Å². The Balaban J connectivity index is 3.12. The molecule has 1 rings (SSSR count). The van der Waals surface area contributed by atoms with Gasteiger partial charge in [0.25, 0.3) is 0 Å². The predicted molar refractivity (Wildman–Crippen MR) is 65.7 cm³/mol. The molecule has 94 valence electrons. The molecule has 1 N–H and O–H groups in total. The Morgan fingerprint density at radius 3 is 2.47 bits per heavy atom. The highest BCUT2D eigenvalue weighted by Crippen LogP contribution is 2.27. The normalized spacial score (nSPS) is 11.7. The van der Waals surface area contributed by atoms with Crippen LogP contribution in [0, 0.1) is 0 Å². The lowest BCUT2D eigenvalue weighted by molar-refractivity contribution is -0.133. The van der Waals surface area contributed by atoms with Gasteiger partial charge < -0.3 is 5.11 Å². The highest BCUT2D eigenvalue weighted by molar-refractivity contribution is 8.00. The van der Waals surface area contributed by atoms with Crippen molar-refractivity contribution in [2.75, 3.05) is 19.8 Å². The first-order valence-corrected chi connectivity index (χ1v) is 7.14. The van der Waals surface area contributed by atoms with Gasteiger partial charge in [-0.25, -0.2) is 12.7 Å². The van der Waals surface area contributed by atoms with E-state index in [0.29, 0.717) is 4.90 Å². The smallest absolute Gasteiger partial charge is 0.313 e. The van der Waals surface area contributed by atoms with E-state index in [0.717, 1.165) is 16.1 Å². The third-order valence-corrected chi connectivity index (χ3v) is 5.02. The molecule has 0 saturated heterocycles. The van der Waals surface area contributed by atoms with Gasteiger partial charge in [0.2, 0.25) is 10.0 Å². The molecular formula is C10H13NO4S2. The first kappa shape index (κ1) is 14.0. The molecule has 0 aliphatic carbocycles. The van der Waals surface area contributed by atoms with E-state index in [1.54, 1.807) is 18.2 Å². The number of carbonyl (C=O) groups is 1. The molecule has 0 amide bonds. The van der Waals surface area contributed by atoms with Crippen LogP contribution in [0.2, 0.25) is 0 Å². The van der Waals surface area contributed by atoms with Crippen molar-refractivity contribution in [2.24, 2.45) is 0 Å². The van der Waals surface area contributed by atoms with Gasteiger partial charge in [-0.3, -0.25) is 4.79 Å². The Labute approximate surface area is 104 Å². The van der Waals surface area contributed by atoms with E-state index in [1.165, 1.54) is 20.2 Å². The molecule has 0 bridgehead atoms. The summed E-state index contributed by atoms with van der Waals surface area (Å²) in [5.74, 6) is -1.15. The zero-order chi connectivity index (χ0) is 13.1. The average molecular weight is 275 g/mol. The van der Waals surface area contributed by atoms with E-state index >= 15 is 0 Å². The van der Waals surface area contributed by atoms with E-state index in [-0.39, 0.29) is 10.6 Å². The van der Waals surface area contributed by atoms with Crippen LogP contribution in [0.25, 0.3) is 0 Å². The molecule has 17 heavy (non-hydrogen) atoms. The van der Waals surface area contributed by atoms with Gasteiger partial charge in [-0.2, -0.15) is 0 Å². The third-order valence-electron chi connectivity index (χ3n) is 1.96. The zero-order valence-electron chi connectivity index (χ0n) is 9.45. The van der Waals surface area contributed by atoms with Crippen LogP contribution in [0.5, 0.6) is 0 Å². The number of hydrogen-bond donors (Lipinski definition) is 1. The third kappa shape index (κ3) is 3.45. The zero-order valence-corrected chi connectivity index (χ0v) is 11.1. The summed E-state index contributed by atoms with van der Waals surface area (Å²) < 4.78 is 25.0. The number of hydrogen-bond acceptors (Lipinski definition) is 4. The summed E-state index contributed by atoms with van der Waals surface area (Å²) in [5, 5.41) is 8.60. The van der Waals surface area contributed by atoms with Crippen LogP contribution >= 0.6 is 11.8 Å². The molecule has 0 aromatic heterocycles. The first-order valence-electron chi connectivity index (χ1n) is 4.72. The van der Waals surface area contributed by atoms with Crippen molar-refractivity contribution in [3.8, 4) is 0 Å². The van der Waals surface area contributed by atoms with Crippen LogP contribution in [-0.2, 0) is 14.8 Å². The molecule has 1 aromatic rings. The number of carboxylic acids is 1. The van der Waals surface area contributed by atoms with Crippen molar-refractivity contribution >= 4 is 27.8 Å². The Bertz CT molecular complexity index is 511. The quantitative estimate of drug-likeness (QED) is 0.815. The van der Waals surface area contributed by atoms with Crippen molar-refractivity contribution in [1.82, 2.24) is 4.31 Å². The van der Waals surface area contributed by atoms with Crippen LogP contribution in [0.3, 0.4) is 0 Å². The monoisotopic (exact) mass is 275 g/mol. The Hall–Kier alpha value is -1.05. The number of nitrogens with zero attached hydrogens (tertiary/aromatic N) is 1. The molecule has 7 heteroatoms. The first-order chi connectivity index (χ1) is 7.85. The molecule has 0 aliphatic heterocycles. The van der Waals surface area contributed by atoms with Gasteiger partial charge in [-0.15, -0.1) is 11.8 Å². The van der Waals surface area contributed by atoms with Gasteiger partial charge in [0.05, 0.1) is 10.6 Å². The topological polar surface area (TPSA) is 74.7 Å². The second-order valence-electron chi connectivity index (χ2n) is 3.42. The second-order valence-corrected chi connectivity index (χ2v) is 6.55. The highest BCUT2D eigenvalue weighted by atomic mass is 32.2. The fourth-order valence-corrected chi connectivity index (χ4v) is 3.24. The summed E-state index contributed by atoms with van der Waals surface area (Å²) in [5.41, 5.74) is 0. The van der Waals surface area contributed by atoms with Crippen molar-refractivity contribution in [1.29, 1.82) is 0 Å². The second kappa shape index (κ2) is 5.52. The Kier molecular flexibility index (Phi) is 4.55. The maximum absolute atomic E-state index is 12.0. The van der Waals surface area contributed by atoms with E-state index in [1.807, 2.05) is 0 Å². The van der Waals surface area contributed by atoms with Gasteiger partial charge in [-0.05, 0) is 12.1 Å². The molecule has 0 heterocycles. The number of aliphatic carboxylic acids is 1. The summed E-state index contributed by atoms with van der Waals surface area (Å²) in [6.07, 6.45) is 0. The molecule has 5 nitrogen and oxygen atoms in total. The molecule has 0 saturated carbocycles. The van der Waals surface area contributed by atoms with Crippen molar-refractivity contribution in [3.05, 3.63) is 24.3 Å². The summed E-state index contributed by atoms with van der Waals surface area (Å²) >= 11 is 0.994. The van der Waals surface area contributed by atoms with Crippen molar-refractivity contribution < 1.29 is 18.3 Å². The van der Waals surface area contributed by atoms with E-state index in [9.17, 15) is 13.2 Å². The van der Waals surface area contributed by atoms with Gasteiger partial charge in [0.15, 0.2) is 0 Å². The Morgan fingerprint density at radius 2 is 1.94 bits per heavy atom. The summed E-state index contributed by atoms with van der Waals surface area (Å²) in [6, 6.07) is 6.36. The number of sulfonamides is 1. The molecule has 1 aromatic carbocycles. The lowest BCUT2D eigenvalue weighted by Crippen LogP contribution is -2.22. The van der Waals surface area contributed by atoms with Gasteiger partial charge in [0.1, 0.15) is 0 Å². The number of carboxylic acid groups (broad SMARTS) is 1. The highest BCUT2D eigenvalue weighted by Gasteiger charge is 2.21. The maximum Gasteiger partial charge on any atom is 0.313 e. The van der Waals surface area contributed by atoms with Gasteiger partial charge in [-0.1, -0.05) is 12.1 Å². The molecule has 0 aliphatic rings. The molecule has 0 radical (unpaired) electrons. The number of thioether (sulfide) groups is 1. The number of rotatable bonds is 5. The summed E-state index contributed by atoms with van der Waals surface area (Å²) in [7, 11) is -0.659. The van der Waals surface area contributed by atoms with Crippen LogP contribution in [0.1, 0.15) is 0 Å². The van der Waals surface area contributed by atoms with Crippen LogP contribution in [0.15, 0.2) is 34.1 Å². The average Bonchev–Trinajstić information content (AvgIpc) is 2.26. The molecule has 0 atom stereocenters. The van der Waals surface area contributed by atoms with Crippen molar-refractivity contribution in [2.45, 2.75) is 9.79 Å². The fraction of sp³-hybridized carbons (Fsp3) is 0.300. The van der Waals surface area contributed by atoms with E-state index < -0.39 is 16.0 Å². The minimum Gasteiger partial charge on any atom is -0.481 e. The fourth-order valence-electron chi connectivity index (χ4n) is 1.12. The largest absolute Gasteiger partial charge is 0.481 e. The van der Waals surface area contributed by atoms with Crippen molar-refractivity contribution in [3.63, 3.8) is 0 Å². The van der Waals surface area contributed by atoms with Gasteiger partial charge >= 0.3 is 5.97 Å². The standard InChI is InChI=1S/C10H13NO4S2/c1-11(2)17(14,15)9-6-4-3-5-8(9)16-7-10(12)13/h3-6H,7H2,1-2H3,(H,12,13). The van der Waals surface area contributed by atoms with Crippen LogP contribution in [0.4, 0.5) is 0 Å². The van der Waals surface area contributed by atoms with Crippen LogP contribution in [-0.4, -0.2) is 43.6 Å². The SMILES string of the molecule is CN(C)S(=O)(=O)c1ccccc1SCC(=O)O. The van der Waals surface area contributed by atoms with Gasteiger partial charge in [0, 0.05) is 19.0 Å². The number of benzene rings is 1. The maximum atomic E-state index is 12.0. The predicted octanol–water partition coefficient (Wildman–Crippen LogP) is 1.11. The molecule has 0 spiro atoms. The molecule has 0 fully saturated rings. The lowest BCUT2D eigenvalue weighted by Gasteiger charge is -2.14. The van der Waals surface area contributed by atoms with E-state index in [2.05, 4.69) is 0 Å². The lowest BCUT2D eigenvalue weighted by atomic mass is 10.4. The molecular weight excluding hydrogens is 262 g/mol. The minimum atomic E-state index is -3.54. The summed E-state index contributed by atoms with van der Waals surface area (Å²) in [4.78, 5) is 11.1. The molecule has 0 unspecified atom stereocenters. The summed E-state index contributed by atoms with van der Waals surface area (Å²) in [6.45, 7) is 0. The minimum absolute atomic E-state index is 0.135.